The van der Waals surface area contributed by atoms with Crippen LogP contribution in [0.25, 0.3) is 11.1 Å². The number of hydrogen-bond acceptors (Lipinski definition) is 7. The fraction of sp³-hybridized carbons (Fsp3) is 0.227. The third kappa shape index (κ3) is 4.20. The van der Waals surface area contributed by atoms with Crippen molar-refractivity contribution in [3.05, 3.63) is 71.7 Å². The van der Waals surface area contributed by atoms with Crippen LogP contribution >= 0.6 is 0 Å². The quantitative estimate of drug-likeness (QED) is 0.608. The van der Waals surface area contributed by atoms with Crippen molar-refractivity contribution in [1.82, 2.24) is 14.3 Å². The standard InChI is InChI=1S/C22H22N4O4S/c1-15-4-5-18(31(28,29)26-7-9-30-10-8-26)12-19(15)17-11-20(22(23)25-14-17)21(27)16-3-2-6-24-13-16/h2-6,11-14H,7-10H2,1H3,(H2,23,25). The average molecular weight is 439 g/mol. The number of sulfonamides is 1. The third-order valence-electron chi connectivity index (χ3n) is 5.21. The van der Waals surface area contributed by atoms with E-state index in [4.69, 9.17) is 10.5 Å². The Bertz CT molecular complexity index is 1220. The molecule has 1 aliphatic rings. The Balaban J connectivity index is 1.75. The van der Waals surface area contributed by atoms with Gasteiger partial charge < -0.3 is 10.5 Å². The molecular formula is C22H22N4O4S. The molecule has 1 aromatic carbocycles. The van der Waals surface area contributed by atoms with Gasteiger partial charge in [-0.1, -0.05) is 6.07 Å². The number of nitrogen functional groups attached to an aromatic ring is 1. The van der Waals surface area contributed by atoms with Gasteiger partial charge in [0, 0.05) is 42.8 Å². The number of anilines is 1. The molecule has 0 amide bonds. The van der Waals surface area contributed by atoms with Gasteiger partial charge in [0.05, 0.1) is 23.7 Å². The van der Waals surface area contributed by atoms with Gasteiger partial charge in [0.15, 0.2) is 5.78 Å². The largest absolute Gasteiger partial charge is 0.383 e. The molecule has 1 saturated heterocycles. The summed E-state index contributed by atoms with van der Waals surface area (Å²) in [6.45, 7) is 3.26. The SMILES string of the molecule is Cc1ccc(S(=O)(=O)N2CCOCC2)cc1-c1cnc(N)c(C(=O)c2cccnc2)c1. The van der Waals surface area contributed by atoms with E-state index in [0.29, 0.717) is 43.0 Å². The zero-order chi connectivity index (χ0) is 22.0. The lowest BCUT2D eigenvalue weighted by Gasteiger charge is -2.26. The number of rotatable bonds is 5. The number of aromatic nitrogens is 2. The predicted molar refractivity (Wildman–Crippen MR) is 116 cm³/mol. The minimum Gasteiger partial charge on any atom is -0.383 e. The summed E-state index contributed by atoms with van der Waals surface area (Å²) < 4.78 is 32.8. The van der Waals surface area contributed by atoms with E-state index in [0.717, 1.165) is 5.56 Å². The van der Waals surface area contributed by atoms with Crippen LogP contribution in [-0.4, -0.2) is 54.8 Å². The van der Waals surface area contributed by atoms with Gasteiger partial charge in [0.25, 0.3) is 0 Å². The summed E-state index contributed by atoms with van der Waals surface area (Å²) in [6, 6.07) is 9.93. The lowest BCUT2D eigenvalue weighted by atomic mass is 9.98. The van der Waals surface area contributed by atoms with E-state index >= 15 is 0 Å². The van der Waals surface area contributed by atoms with Gasteiger partial charge in [-0.2, -0.15) is 4.31 Å². The first-order chi connectivity index (χ1) is 14.9. The molecule has 1 fully saturated rings. The molecule has 3 aromatic rings. The van der Waals surface area contributed by atoms with Crippen LogP contribution in [-0.2, 0) is 14.8 Å². The third-order valence-corrected chi connectivity index (χ3v) is 7.11. The molecule has 8 nitrogen and oxygen atoms in total. The Morgan fingerprint density at radius 1 is 1.13 bits per heavy atom. The minimum absolute atomic E-state index is 0.104. The van der Waals surface area contributed by atoms with Gasteiger partial charge in [0.2, 0.25) is 10.0 Å². The average Bonchev–Trinajstić information content (AvgIpc) is 2.80. The molecule has 31 heavy (non-hydrogen) atoms. The summed E-state index contributed by atoms with van der Waals surface area (Å²) in [5.41, 5.74) is 8.74. The fourth-order valence-electron chi connectivity index (χ4n) is 3.47. The van der Waals surface area contributed by atoms with Crippen LogP contribution in [0.4, 0.5) is 5.82 Å². The molecule has 4 rings (SSSR count). The molecule has 160 valence electrons. The highest BCUT2D eigenvalue weighted by molar-refractivity contribution is 7.89. The van der Waals surface area contributed by atoms with Crippen LogP contribution in [0.3, 0.4) is 0 Å². The van der Waals surface area contributed by atoms with E-state index in [9.17, 15) is 13.2 Å². The molecular weight excluding hydrogens is 416 g/mol. The second kappa shape index (κ2) is 8.54. The van der Waals surface area contributed by atoms with E-state index in [-0.39, 0.29) is 22.1 Å². The van der Waals surface area contributed by atoms with E-state index in [1.165, 1.54) is 10.5 Å². The van der Waals surface area contributed by atoms with Crippen molar-refractivity contribution in [2.24, 2.45) is 0 Å². The summed E-state index contributed by atoms with van der Waals surface area (Å²) in [5, 5.41) is 0. The summed E-state index contributed by atoms with van der Waals surface area (Å²) >= 11 is 0. The van der Waals surface area contributed by atoms with Crippen LogP contribution in [0.15, 0.2) is 59.9 Å². The normalized spacial score (nSPS) is 15.0. The first kappa shape index (κ1) is 21.1. The molecule has 0 bridgehead atoms. The minimum atomic E-state index is -3.65. The van der Waals surface area contributed by atoms with Crippen molar-refractivity contribution in [1.29, 1.82) is 0 Å². The Morgan fingerprint density at radius 2 is 1.90 bits per heavy atom. The van der Waals surface area contributed by atoms with Crippen LogP contribution in [0, 0.1) is 6.92 Å². The van der Waals surface area contributed by atoms with Gasteiger partial charge in [-0.15, -0.1) is 0 Å². The molecule has 0 spiro atoms. The van der Waals surface area contributed by atoms with E-state index in [1.807, 2.05) is 6.92 Å². The topological polar surface area (TPSA) is 115 Å². The summed E-state index contributed by atoms with van der Waals surface area (Å²) in [6.07, 6.45) is 4.59. The lowest BCUT2D eigenvalue weighted by Crippen LogP contribution is -2.40. The van der Waals surface area contributed by atoms with Crippen molar-refractivity contribution in [3.8, 4) is 11.1 Å². The zero-order valence-electron chi connectivity index (χ0n) is 17.0. The molecule has 9 heteroatoms. The Labute approximate surface area is 180 Å². The van der Waals surface area contributed by atoms with Crippen LogP contribution in [0.1, 0.15) is 21.5 Å². The summed E-state index contributed by atoms with van der Waals surface area (Å²) in [4.78, 5) is 21.2. The maximum Gasteiger partial charge on any atom is 0.243 e. The lowest BCUT2D eigenvalue weighted by molar-refractivity contribution is 0.0730. The zero-order valence-corrected chi connectivity index (χ0v) is 17.8. The molecule has 0 aliphatic carbocycles. The van der Waals surface area contributed by atoms with Crippen LogP contribution in [0.5, 0.6) is 0 Å². The van der Waals surface area contributed by atoms with Crippen molar-refractivity contribution >= 4 is 21.6 Å². The summed E-state index contributed by atoms with van der Waals surface area (Å²) in [7, 11) is -3.65. The molecule has 1 aliphatic heterocycles. The van der Waals surface area contributed by atoms with Crippen molar-refractivity contribution in [3.63, 3.8) is 0 Å². The number of nitrogens with two attached hydrogens (primary N) is 1. The molecule has 0 unspecified atom stereocenters. The number of ether oxygens (including phenoxy) is 1. The molecule has 3 heterocycles. The van der Waals surface area contributed by atoms with Crippen molar-refractivity contribution in [2.75, 3.05) is 32.0 Å². The second-order valence-electron chi connectivity index (χ2n) is 7.22. The number of benzene rings is 1. The van der Waals surface area contributed by atoms with Crippen molar-refractivity contribution < 1.29 is 17.9 Å². The molecule has 2 N–H and O–H groups in total. The monoisotopic (exact) mass is 438 g/mol. The predicted octanol–water partition coefficient (Wildman–Crippen LogP) is 2.29. The van der Waals surface area contributed by atoms with Crippen molar-refractivity contribution in [2.45, 2.75) is 11.8 Å². The number of morpholine rings is 1. The molecule has 0 radical (unpaired) electrons. The Morgan fingerprint density at radius 3 is 2.61 bits per heavy atom. The first-order valence-electron chi connectivity index (χ1n) is 9.77. The van der Waals surface area contributed by atoms with Gasteiger partial charge in [-0.05, 0) is 48.4 Å². The molecule has 0 saturated carbocycles. The maximum atomic E-state index is 13.1. The fourth-order valence-corrected chi connectivity index (χ4v) is 4.90. The number of carbonyl (C=O) groups excluding carboxylic acids is 1. The number of hydrogen-bond donors (Lipinski definition) is 1. The Hall–Kier alpha value is -3.14. The van der Waals surface area contributed by atoms with E-state index in [1.54, 1.807) is 48.8 Å². The smallest absolute Gasteiger partial charge is 0.243 e. The molecule has 0 atom stereocenters. The number of carbonyl (C=O) groups is 1. The second-order valence-corrected chi connectivity index (χ2v) is 9.16. The number of aryl methyl sites for hydroxylation is 1. The molecule has 2 aromatic heterocycles. The first-order valence-corrected chi connectivity index (χ1v) is 11.2. The highest BCUT2D eigenvalue weighted by Gasteiger charge is 2.27. The van der Waals surface area contributed by atoms with Gasteiger partial charge in [-0.25, -0.2) is 13.4 Å². The van der Waals surface area contributed by atoms with E-state index in [2.05, 4.69) is 9.97 Å². The number of ketones is 1. The number of pyridine rings is 2. The van der Waals surface area contributed by atoms with Gasteiger partial charge >= 0.3 is 0 Å². The van der Waals surface area contributed by atoms with Crippen LogP contribution in [0.2, 0.25) is 0 Å². The maximum absolute atomic E-state index is 13.1. The van der Waals surface area contributed by atoms with Gasteiger partial charge in [-0.3, -0.25) is 9.78 Å². The van der Waals surface area contributed by atoms with Gasteiger partial charge in [0.1, 0.15) is 5.82 Å². The Kier molecular flexibility index (Phi) is 5.81. The van der Waals surface area contributed by atoms with Crippen LogP contribution < -0.4 is 5.73 Å². The highest BCUT2D eigenvalue weighted by atomic mass is 32.2. The number of nitrogens with zero attached hydrogens (tertiary/aromatic N) is 3. The summed E-state index contributed by atoms with van der Waals surface area (Å²) in [5.74, 6) is -0.193. The van der Waals surface area contributed by atoms with E-state index < -0.39 is 10.0 Å². The highest BCUT2D eigenvalue weighted by Crippen LogP contribution is 2.30.